The Morgan fingerprint density at radius 3 is 2.59 bits per heavy atom. The van der Waals surface area contributed by atoms with Crippen molar-refractivity contribution in [1.82, 2.24) is 5.32 Å². The average Bonchev–Trinajstić information content (AvgIpc) is 2.97. The maximum Gasteiger partial charge on any atom is 0.226 e. The van der Waals surface area contributed by atoms with E-state index in [2.05, 4.69) is 28.2 Å². The highest BCUT2D eigenvalue weighted by Crippen LogP contribution is 2.41. The van der Waals surface area contributed by atoms with Gasteiger partial charge < -0.3 is 5.32 Å². The summed E-state index contributed by atoms with van der Waals surface area (Å²) >= 11 is 3.57. The fourth-order valence-electron chi connectivity index (χ4n) is 3.53. The average molecular weight is 302 g/mol. The van der Waals surface area contributed by atoms with E-state index in [0.717, 1.165) is 24.6 Å². The van der Waals surface area contributed by atoms with Gasteiger partial charge in [0.2, 0.25) is 5.91 Å². The van der Waals surface area contributed by atoms with Gasteiger partial charge in [-0.3, -0.25) is 4.79 Å². The summed E-state index contributed by atoms with van der Waals surface area (Å²) in [5, 5.41) is 4.37. The lowest BCUT2D eigenvalue weighted by Gasteiger charge is -2.29. The molecule has 0 bridgehead atoms. The van der Waals surface area contributed by atoms with Crippen molar-refractivity contribution < 1.29 is 4.79 Å². The van der Waals surface area contributed by atoms with Crippen LogP contribution in [0.2, 0.25) is 0 Å². The second kappa shape index (κ2) is 5.73. The Morgan fingerprint density at radius 1 is 1.29 bits per heavy atom. The lowest BCUT2D eigenvalue weighted by Crippen LogP contribution is -2.45. The normalized spacial score (nSPS) is 31.6. The maximum absolute atomic E-state index is 12.5. The predicted molar refractivity (Wildman–Crippen MR) is 74.3 cm³/mol. The third-order valence-electron chi connectivity index (χ3n) is 4.89. The molecule has 2 atom stereocenters. The second-order valence-electron chi connectivity index (χ2n) is 5.77. The number of halogens is 1. The van der Waals surface area contributed by atoms with Gasteiger partial charge in [0.25, 0.3) is 0 Å². The van der Waals surface area contributed by atoms with Crippen molar-refractivity contribution in [3.8, 4) is 0 Å². The van der Waals surface area contributed by atoms with E-state index in [1.807, 2.05) is 0 Å². The molecule has 1 N–H and O–H groups in total. The van der Waals surface area contributed by atoms with Gasteiger partial charge in [-0.15, -0.1) is 0 Å². The molecular weight excluding hydrogens is 278 g/mol. The summed E-state index contributed by atoms with van der Waals surface area (Å²) < 4.78 is 0. The Balaban J connectivity index is 1.96. The van der Waals surface area contributed by atoms with Gasteiger partial charge in [0.15, 0.2) is 0 Å². The summed E-state index contributed by atoms with van der Waals surface area (Å²) in [7, 11) is 0. The highest BCUT2D eigenvalue weighted by atomic mass is 79.9. The van der Waals surface area contributed by atoms with E-state index >= 15 is 0 Å². The number of nitrogens with one attached hydrogen (secondary N) is 1. The first-order valence-electron chi connectivity index (χ1n) is 7.09. The predicted octanol–water partition coefficient (Wildman–Crippen LogP) is 3.64. The number of alkyl halides is 1. The minimum absolute atomic E-state index is 0.0283. The third kappa shape index (κ3) is 2.69. The first-order valence-corrected chi connectivity index (χ1v) is 8.21. The molecule has 0 aliphatic heterocycles. The van der Waals surface area contributed by atoms with Crippen LogP contribution in [0, 0.1) is 11.3 Å². The van der Waals surface area contributed by atoms with Crippen molar-refractivity contribution in [2.24, 2.45) is 11.3 Å². The number of carbonyl (C=O) groups is 1. The lowest BCUT2D eigenvalue weighted by molar-refractivity contribution is -0.132. The number of carbonyl (C=O) groups excluding carboxylic acids is 1. The molecule has 17 heavy (non-hydrogen) atoms. The molecule has 0 aromatic heterocycles. The molecule has 1 amide bonds. The van der Waals surface area contributed by atoms with Crippen LogP contribution in [0.1, 0.15) is 58.3 Å². The monoisotopic (exact) mass is 301 g/mol. The Hall–Kier alpha value is -0.0500. The van der Waals surface area contributed by atoms with Crippen molar-refractivity contribution in [2.45, 2.75) is 64.3 Å². The van der Waals surface area contributed by atoms with Crippen LogP contribution in [0.4, 0.5) is 0 Å². The van der Waals surface area contributed by atoms with Crippen molar-refractivity contribution in [2.75, 3.05) is 5.33 Å². The summed E-state index contributed by atoms with van der Waals surface area (Å²) in [6.07, 6.45) is 9.35. The van der Waals surface area contributed by atoms with Crippen LogP contribution in [0.3, 0.4) is 0 Å². The second-order valence-corrected chi connectivity index (χ2v) is 6.41. The largest absolute Gasteiger partial charge is 0.353 e. The SMILES string of the molecule is CCC1(C(=O)NC2CCCC2CBr)CCCC1. The maximum atomic E-state index is 12.5. The fourth-order valence-corrected chi connectivity index (χ4v) is 4.30. The van der Waals surface area contributed by atoms with E-state index in [9.17, 15) is 4.79 Å². The zero-order valence-electron chi connectivity index (χ0n) is 10.8. The lowest BCUT2D eigenvalue weighted by atomic mass is 9.82. The molecule has 0 spiro atoms. The van der Waals surface area contributed by atoms with Crippen LogP contribution in [-0.4, -0.2) is 17.3 Å². The summed E-state index contributed by atoms with van der Waals surface area (Å²) in [6, 6.07) is 0.422. The van der Waals surface area contributed by atoms with Gasteiger partial charge in [-0.1, -0.05) is 42.1 Å². The Labute approximate surface area is 113 Å². The van der Waals surface area contributed by atoms with Crippen LogP contribution in [0.5, 0.6) is 0 Å². The first-order chi connectivity index (χ1) is 8.22. The van der Waals surface area contributed by atoms with Gasteiger partial charge in [-0.05, 0) is 38.0 Å². The van der Waals surface area contributed by atoms with E-state index < -0.39 is 0 Å². The van der Waals surface area contributed by atoms with E-state index in [4.69, 9.17) is 0 Å². The fraction of sp³-hybridized carbons (Fsp3) is 0.929. The van der Waals surface area contributed by atoms with E-state index in [-0.39, 0.29) is 5.41 Å². The molecule has 2 fully saturated rings. The molecule has 2 saturated carbocycles. The number of hydrogen-bond acceptors (Lipinski definition) is 1. The molecule has 0 radical (unpaired) electrons. The zero-order valence-corrected chi connectivity index (χ0v) is 12.4. The highest BCUT2D eigenvalue weighted by Gasteiger charge is 2.41. The van der Waals surface area contributed by atoms with Crippen LogP contribution in [0.25, 0.3) is 0 Å². The molecule has 0 saturated heterocycles. The minimum Gasteiger partial charge on any atom is -0.353 e. The molecule has 0 heterocycles. The Bertz CT molecular complexity index is 273. The van der Waals surface area contributed by atoms with Gasteiger partial charge in [-0.25, -0.2) is 0 Å². The molecule has 0 aromatic rings. The number of rotatable bonds is 4. The standard InChI is InChI=1S/C14H24BrNO/c1-2-14(8-3-4-9-14)13(17)16-12-7-5-6-11(12)10-15/h11-12H,2-10H2,1H3,(H,16,17). The van der Waals surface area contributed by atoms with E-state index in [1.165, 1.54) is 32.1 Å². The zero-order chi connectivity index (χ0) is 12.3. The summed E-state index contributed by atoms with van der Waals surface area (Å²) in [5.74, 6) is 0.990. The van der Waals surface area contributed by atoms with Gasteiger partial charge >= 0.3 is 0 Å². The van der Waals surface area contributed by atoms with Crippen LogP contribution >= 0.6 is 15.9 Å². The summed E-state index contributed by atoms with van der Waals surface area (Å²) in [5.41, 5.74) is -0.0283. The molecule has 0 aromatic carbocycles. The Morgan fingerprint density at radius 2 is 2.00 bits per heavy atom. The molecule has 2 aliphatic carbocycles. The summed E-state index contributed by atoms with van der Waals surface area (Å²) in [4.78, 5) is 12.5. The van der Waals surface area contributed by atoms with Crippen molar-refractivity contribution >= 4 is 21.8 Å². The van der Waals surface area contributed by atoms with Gasteiger partial charge in [0.1, 0.15) is 0 Å². The van der Waals surface area contributed by atoms with E-state index in [1.54, 1.807) is 0 Å². The number of hydrogen-bond donors (Lipinski definition) is 1. The molecule has 2 nitrogen and oxygen atoms in total. The number of amides is 1. The molecule has 2 rings (SSSR count). The minimum atomic E-state index is -0.0283. The van der Waals surface area contributed by atoms with Crippen LogP contribution < -0.4 is 5.32 Å². The smallest absolute Gasteiger partial charge is 0.226 e. The molecule has 3 heteroatoms. The molecular formula is C14H24BrNO. The molecule has 2 unspecified atom stereocenters. The molecule has 98 valence electrons. The topological polar surface area (TPSA) is 29.1 Å². The highest BCUT2D eigenvalue weighted by molar-refractivity contribution is 9.09. The molecule has 2 aliphatic rings. The summed E-state index contributed by atoms with van der Waals surface area (Å²) in [6.45, 7) is 2.17. The van der Waals surface area contributed by atoms with E-state index in [0.29, 0.717) is 17.9 Å². The van der Waals surface area contributed by atoms with Crippen molar-refractivity contribution in [3.63, 3.8) is 0 Å². The third-order valence-corrected chi connectivity index (χ3v) is 5.72. The quantitative estimate of drug-likeness (QED) is 0.789. The van der Waals surface area contributed by atoms with Gasteiger partial charge in [0, 0.05) is 16.8 Å². The van der Waals surface area contributed by atoms with Crippen LogP contribution in [0.15, 0.2) is 0 Å². The van der Waals surface area contributed by atoms with Gasteiger partial charge in [0.05, 0.1) is 0 Å². The first kappa shape index (κ1) is 13.4. The Kier molecular flexibility index (Phi) is 4.51. The van der Waals surface area contributed by atoms with Crippen molar-refractivity contribution in [1.29, 1.82) is 0 Å². The van der Waals surface area contributed by atoms with Crippen molar-refractivity contribution in [3.05, 3.63) is 0 Å². The van der Waals surface area contributed by atoms with Gasteiger partial charge in [-0.2, -0.15) is 0 Å². The van der Waals surface area contributed by atoms with Crippen LogP contribution in [-0.2, 0) is 4.79 Å².